The summed E-state index contributed by atoms with van der Waals surface area (Å²) in [7, 11) is 0. The zero-order chi connectivity index (χ0) is 27.2. The Hall–Kier alpha value is -1.98. The molecule has 1 fully saturated rings. The minimum Gasteiger partial charge on any atom is -0.450 e. The fourth-order valence-corrected chi connectivity index (χ4v) is 7.93. The number of aliphatic hydroxyl groups excluding tert-OH is 1. The summed E-state index contributed by atoms with van der Waals surface area (Å²) >= 11 is 0. The number of rotatable bonds is 1. The molecule has 38 heavy (non-hydrogen) atoms. The molecule has 5 rings (SSSR count). The predicted octanol–water partition coefficient (Wildman–Crippen LogP) is 6.67. The molecule has 8 atom stereocenters. The standard InChI is InChI=1S/C33H47NO4/c1-19-9-7-10-30-33(12-8-14-34-30)13-11-25(29-18-23(5)32(36)38-29)24(6)26(33)15-20(2)27(35)16-21(3)28-17-22(4)31(19)37-28/h9,15,18,21-22,26-29,31,35H,7-8,10-14,16-17H2,1-6H3/b19-9?,20-15+/t21?,22-,26+,27+,28-,29+,31+,33+/m1/s1. The Labute approximate surface area is 229 Å². The maximum Gasteiger partial charge on any atom is 0.334 e. The Morgan fingerprint density at radius 2 is 1.79 bits per heavy atom. The number of hydrogen-bond donors (Lipinski definition) is 1. The van der Waals surface area contributed by atoms with E-state index in [9.17, 15) is 9.90 Å². The van der Waals surface area contributed by atoms with Crippen LogP contribution in [0.3, 0.4) is 0 Å². The Kier molecular flexibility index (Phi) is 7.90. The molecule has 0 radical (unpaired) electrons. The molecular formula is C33H47NO4. The highest BCUT2D eigenvalue weighted by atomic mass is 16.5. The van der Waals surface area contributed by atoms with Crippen LogP contribution >= 0.6 is 0 Å². The number of carbonyl (C=O) groups excluding carboxylic acids is 1. The van der Waals surface area contributed by atoms with Crippen molar-refractivity contribution in [3.8, 4) is 0 Å². The van der Waals surface area contributed by atoms with Gasteiger partial charge in [0.25, 0.3) is 0 Å². The van der Waals surface area contributed by atoms with Crippen LogP contribution in [0.4, 0.5) is 0 Å². The van der Waals surface area contributed by atoms with Gasteiger partial charge in [-0.05, 0) is 114 Å². The molecule has 1 saturated heterocycles. The van der Waals surface area contributed by atoms with Gasteiger partial charge in [-0.25, -0.2) is 4.79 Å². The van der Waals surface area contributed by atoms with Crippen molar-refractivity contribution in [3.63, 3.8) is 0 Å². The molecule has 0 amide bonds. The van der Waals surface area contributed by atoms with E-state index >= 15 is 0 Å². The first-order valence-corrected chi connectivity index (χ1v) is 14.9. The molecule has 1 spiro atoms. The molecule has 0 saturated carbocycles. The van der Waals surface area contributed by atoms with Crippen LogP contribution < -0.4 is 0 Å². The second-order valence-corrected chi connectivity index (χ2v) is 12.9. The fraction of sp³-hybridized carbons (Fsp3) is 0.697. The molecule has 208 valence electrons. The molecule has 1 unspecified atom stereocenters. The third-order valence-electron chi connectivity index (χ3n) is 10.3. The molecule has 1 aliphatic carbocycles. The van der Waals surface area contributed by atoms with Gasteiger partial charge in [0.1, 0.15) is 6.10 Å². The molecule has 4 aliphatic heterocycles. The Bertz CT molecular complexity index is 1110. The van der Waals surface area contributed by atoms with Gasteiger partial charge in [-0.15, -0.1) is 0 Å². The largest absolute Gasteiger partial charge is 0.450 e. The second kappa shape index (κ2) is 10.9. The third kappa shape index (κ3) is 5.01. The van der Waals surface area contributed by atoms with E-state index in [4.69, 9.17) is 14.5 Å². The normalized spacial score (nSPS) is 42.0. The van der Waals surface area contributed by atoms with Crippen molar-refractivity contribution < 1.29 is 19.4 Å². The summed E-state index contributed by atoms with van der Waals surface area (Å²) in [6.07, 6.45) is 14.1. The van der Waals surface area contributed by atoms with E-state index < -0.39 is 6.10 Å². The molecule has 0 aromatic heterocycles. The van der Waals surface area contributed by atoms with Crippen LogP contribution in [-0.4, -0.2) is 47.7 Å². The smallest absolute Gasteiger partial charge is 0.334 e. The molecule has 5 nitrogen and oxygen atoms in total. The van der Waals surface area contributed by atoms with Gasteiger partial charge in [0.05, 0.1) is 18.3 Å². The van der Waals surface area contributed by atoms with E-state index in [1.165, 1.54) is 22.4 Å². The zero-order valence-electron chi connectivity index (χ0n) is 24.3. The first-order valence-electron chi connectivity index (χ1n) is 14.9. The van der Waals surface area contributed by atoms with Crippen LogP contribution in [0.15, 0.2) is 51.1 Å². The molecule has 4 heterocycles. The van der Waals surface area contributed by atoms with Gasteiger partial charge < -0.3 is 14.6 Å². The zero-order valence-corrected chi connectivity index (χ0v) is 24.3. The summed E-state index contributed by atoms with van der Waals surface area (Å²) in [5, 5.41) is 11.4. The molecule has 5 aliphatic rings. The maximum absolute atomic E-state index is 12.2. The monoisotopic (exact) mass is 521 g/mol. The van der Waals surface area contributed by atoms with Crippen LogP contribution in [-0.2, 0) is 14.3 Å². The lowest BCUT2D eigenvalue weighted by Crippen LogP contribution is -2.44. The van der Waals surface area contributed by atoms with Crippen LogP contribution in [0.2, 0.25) is 0 Å². The average molecular weight is 522 g/mol. The SMILES string of the molecule is CC1=C[C@@H](C2=C(C)[C@@H]3/C=C(\C)[C@@H](O)CC(C)[C@H]4C[C@@H](C)[C@@H](O4)C(C)=CCCC4=NCCC[C@@]43CC2)OC1=O. The minimum absolute atomic E-state index is 0.0372. The molecule has 1 N–H and O–H groups in total. The van der Waals surface area contributed by atoms with Crippen LogP contribution in [0, 0.1) is 23.2 Å². The number of esters is 1. The maximum atomic E-state index is 12.2. The minimum atomic E-state index is -0.504. The van der Waals surface area contributed by atoms with Gasteiger partial charge in [0.2, 0.25) is 0 Å². The van der Waals surface area contributed by atoms with E-state index in [-0.39, 0.29) is 41.5 Å². The number of fused-ring (bicyclic) bond motifs is 2. The van der Waals surface area contributed by atoms with Crippen molar-refractivity contribution in [2.75, 3.05) is 6.54 Å². The lowest BCUT2D eigenvalue weighted by atomic mass is 9.57. The van der Waals surface area contributed by atoms with Crippen LogP contribution in [0.5, 0.6) is 0 Å². The summed E-state index contributed by atoms with van der Waals surface area (Å²) in [5.41, 5.74) is 6.90. The fourth-order valence-electron chi connectivity index (χ4n) is 7.93. The van der Waals surface area contributed by atoms with Crippen LogP contribution in [0.1, 0.15) is 92.9 Å². The number of aliphatic imine (C=N–C) groups is 1. The van der Waals surface area contributed by atoms with Crippen molar-refractivity contribution in [2.45, 2.75) is 117 Å². The summed E-state index contributed by atoms with van der Waals surface area (Å²) in [4.78, 5) is 17.4. The van der Waals surface area contributed by atoms with Crippen molar-refractivity contribution >= 4 is 11.7 Å². The topological polar surface area (TPSA) is 68.1 Å². The number of nitrogens with zero attached hydrogens (tertiary/aromatic N) is 1. The summed E-state index contributed by atoms with van der Waals surface area (Å²) in [5.74, 6) is 0.715. The number of aliphatic hydroxyl groups is 1. The van der Waals surface area contributed by atoms with E-state index in [0.29, 0.717) is 17.9 Å². The number of carbonyl (C=O) groups is 1. The van der Waals surface area contributed by atoms with Crippen LogP contribution in [0.25, 0.3) is 0 Å². The highest BCUT2D eigenvalue weighted by molar-refractivity contribution is 5.93. The Morgan fingerprint density at radius 3 is 2.53 bits per heavy atom. The molecule has 0 aromatic carbocycles. The predicted molar refractivity (Wildman–Crippen MR) is 152 cm³/mol. The van der Waals surface area contributed by atoms with Crippen molar-refractivity contribution in [1.29, 1.82) is 0 Å². The number of hydrogen-bond acceptors (Lipinski definition) is 5. The van der Waals surface area contributed by atoms with E-state index in [1.54, 1.807) is 0 Å². The van der Waals surface area contributed by atoms with Gasteiger partial charge >= 0.3 is 5.97 Å². The molecular weight excluding hydrogens is 474 g/mol. The summed E-state index contributed by atoms with van der Waals surface area (Å²) in [6.45, 7) is 13.8. The lowest BCUT2D eigenvalue weighted by molar-refractivity contribution is -0.138. The number of allylic oxidation sites excluding steroid dienone is 3. The number of cyclic esters (lactones) is 1. The van der Waals surface area contributed by atoms with E-state index in [1.807, 2.05) is 13.0 Å². The first kappa shape index (κ1) is 27.6. The summed E-state index contributed by atoms with van der Waals surface area (Å²) in [6, 6.07) is 0. The van der Waals surface area contributed by atoms with Gasteiger partial charge in [0, 0.05) is 29.2 Å². The third-order valence-corrected chi connectivity index (χ3v) is 10.3. The van der Waals surface area contributed by atoms with Gasteiger partial charge in [-0.3, -0.25) is 4.99 Å². The van der Waals surface area contributed by atoms with Gasteiger partial charge in [0.15, 0.2) is 0 Å². The lowest BCUT2D eigenvalue weighted by Gasteiger charge is -2.48. The first-order chi connectivity index (χ1) is 18.1. The van der Waals surface area contributed by atoms with Crippen molar-refractivity contribution in [2.24, 2.45) is 28.2 Å². The van der Waals surface area contributed by atoms with Gasteiger partial charge in [-0.1, -0.05) is 31.6 Å². The van der Waals surface area contributed by atoms with Crippen molar-refractivity contribution in [3.05, 3.63) is 46.1 Å². The Morgan fingerprint density at radius 1 is 1.00 bits per heavy atom. The summed E-state index contributed by atoms with van der Waals surface area (Å²) < 4.78 is 12.4. The highest BCUT2D eigenvalue weighted by Crippen LogP contribution is 2.53. The highest BCUT2D eigenvalue weighted by Gasteiger charge is 2.48. The van der Waals surface area contributed by atoms with Gasteiger partial charge in [-0.2, -0.15) is 0 Å². The van der Waals surface area contributed by atoms with E-state index in [0.717, 1.165) is 57.1 Å². The average Bonchev–Trinajstić information content (AvgIpc) is 3.43. The molecule has 5 heteroatoms. The molecule has 0 aromatic rings. The Balaban J connectivity index is 1.57. The number of ether oxygens (including phenoxy) is 2. The van der Waals surface area contributed by atoms with Crippen molar-refractivity contribution in [1.82, 2.24) is 0 Å². The second-order valence-electron chi connectivity index (χ2n) is 12.9. The molecule has 2 bridgehead atoms. The van der Waals surface area contributed by atoms with E-state index in [2.05, 4.69) is 46.8 Å². The quantitative estimate of drug-likeness (QED) is 0.309.